The van der Waals surface area contributed by atoms with Gasteiger partial charge in [-0.1, -0.05) is 0 Å². The fourth-order valence-electron chi connectivity index (χ4n) is 4.00. The Morgan fingerprint density at radius 3 is 1.74 bits per heavy atom. The second-order valence-electron chi connectivity index (χ2n) is 8.79. The predicted octanol–water partition coefficient (Wildman–Crippen LogP) is -1.12. The summed E-state index contributed by atoms with van der Waals surface area (Å²) >= 11 is 0. The van der Waals surface area contributed by atoms with E-state index in [2.05, 4.69) is 31.3 Å². The van der Waals surface area contributed by atoms with E-state index in [1.165, 1.54) is 7.11 Å². The molecule has 35 heavy (non-hydrogen) atoms. The second kappa shape index (κ2) is 16.2. The van der Waals surface area contributed by atoms with Gasteiger partial charge in [-0.15, -0.1) is 0 Å². The average Bonchev–Trinajstić information content (AvgIpc) is 3.33. The van der Waals surface area contributed by atoms with Gasteiger partial charge in [-0.25, -0.2) is 0 Å². The van der Waals surface area contributed by atoms with Crippen molar-refractivity contribution in [3.63, 3.8) is 0 Å². The van der Waals surface area contributed by atoms with Gasteiger partial charge < -0.3 is 44.6 Å². The van der Waals surface area contributed by atoms with Gasteiger partial charge in [-0.3, -0.25) is 14.4 Å². The summed E-state index contributed by atoms with van der Waals surface area (Å²) in [5.74, 6) is -0.305. The van der Waals surface area contributed by atoms with Crippen LogP contribution >= 0.6 is 0 Å². The van der Waals surface area contributed by atoms with Crippen molar-refractivity contribution in [1.82, 2.24) is 26.6 Å². The number of carbonyl (C=O) groups is 3. The molecule has 0 spiro atoms. The molecular weight excluding hydrogens is 474 g/mol. The van der Waals surface area contributed by atoms with Crippen LogP contribution in [0.5, 0.6) is 0 Å². The van der Waals surface area contributed by atoms with Crippen molar-refractivity contribution in [2.24, 2.45) is 0 Å². The first-order valence-electron chi connectivity index (χ1n) is 12.6. The summed E-state index contributed by atoms with van der Waals surface area (Å²) in [5, 5.41) is 15.2. The zero-order valence-electron chi connectivity index (χ0n) is 21.3. The second-order valence-corrected chi connectivity index (χ2v) is 11.4. The van der Waals surface area contributed by atoms with Crippen molar-refractivity contribution in [2.75, 3.05) is 59.5 Å². The lowest BCUT2D eigenvalue weighted by molar-refractivity contribution is -0.140. The van der Waals surface area contributed by atoms with Crippen LogP contribution in [0.4, 0.5) is 0 Å². The highest BCUT2D eigenvalue weighted by atomic mass is 28.4. The van der Waals surface area contributed by atoms with Crippen LogP contribution in [0.25, 0.3) is 0 Å². The van der Waals surface area contributed by atoms with Gasteiger partial charge in [0, 0.05) is 64.7 Å². The Morgan fingerprint density at radius 2 is 1.23 bits per heavy atom. The normalized spacial score (nSPS) is 24.9. The van der Waals surface area contributed by atoms with Gasteiger partial charge in [0.05, 0.1) is 31.8 Å². The van der Waals surface area contributed by atoms with Crippen LogP contribution in [-0.2, 0) is 32.4 Å². The maximum absolute atomic E-state index is 11.9. The molecule has 12 nitrogen and oxygen atoms in total. The van der Waals surface area contributed by atoms with E-state index < -0.39 is 8.80 Å². The molecule has 2 atom stereocenters. The molecule has 2 saturated heterocycles. The maximum Gasteiger partial charge on any atom is 0.502 e. The molecule has 0 radical (unpaired) electrons. The summed E-state index contributed by atoms with van der Waals surface area (Å²) < 4.78 is 22.5. The first kappa shape index (κ1) is 29.6. The van der Waals surface area contributed by atoms with Crippen LogP contribution in [0.2, 0.25) is 6.04 Å². The van der Waals surface area contributed by atoms with Gasteiger partial charge in [-0.05, 0) is 26.8 Å². The quantitative estimate of drug-likeness (QED) is 0.0811. The molecule has 13 heteroatoms. The minimum atomic E-state index is -2.46. The first-order chi connectivity index (χ1) is 16.8. The number of rotatable bonds is 19. The summed E-state index contributed by atoms with van der Waals surface area (Å²) in [7, 11) is -1.10. The van der Waals surface area contributed by atoms with Gasteiger partial charge in [-0.2, -0.15) is 0 Å². The van der Waals surface area contributed by atoms with Crippen LogP contribution in [0.1, 0.15) is 39.5 Å². The van der Waals surface area contributed by atoms with Crippen LogP contribution in [0.15, 0.2) is 0 Å². The van der Waals surface area contributed by atoms with Gasteiger partial charge >= 0.3 is 14.8 Å². The van der Waals surface area contributed by atoms with Crippen LogP contribution in [0, 0.1) is 0 Å². The Hall–Kier alpha value is -1.61. The zero-order chi connectivity index (χ0) is 25.5. The van der Waals surface area contributed by atoms with E-state index in [-0.39, 0.29) is 36.1 Å². The average molecular weight is 518 g/mol. The lowest BCUT2D eigenvalue weighted by atomic mass is 10.1. The van der Waals surface area contributed by atoms with E-state index in [9.17, 15) is 14.4 Å². The number of ether oxygens (including phenoxy) is 1. The minimum absolute atomic E-state index is 0.00297. The van der Waals surface area contributed by atoms with E-state index in [1.807, 2.05) is 13.8 Å². The molecule has 2 bridgehead atoms. The molecule has 0 saturated carbocycles. The fraction of sp³-hybridized carbons (Fsp3) is 0.864. The molecule has 2 unspecified atom stereocenters. The van der Waals surface area contributed by atoms with Crippen LogP contribution < -0.4 is 26.6 Å². The van der Waals surface area contributed by atoms with Crippen molar-refractivity contribution in [2.45, 2.75) is 63.9 Å². The Bertz CT molecular complexity index is 660. The number of fused-ring (bicyclic) bond motifs is 2. The fourth-order valence-corrected chi connectivity index (χ4v) is 7.33. The summed E-state index contributed by atoms with van der Waals surface area (Å²) in [5.41, 5.74) is 0. The standard InChI is InChI=1S/C22H43N5O7Si/c1-17-22-18(2)33-35(32-17,34-22)16-4-8-23-9-5-19(28)26-14-12-24-10-6-20(29)27-15-13-25-11-7-21(30)31-3/h17-18,22-25H,4-16H2,1-3H3,(H,26,28)(H,27,29). The Balaban J connectivity index is 1.33. The van der Waals surface area contributed by atoms with Gasteiger partial charge in [0.25, 0.3) is 0 Å². The molecule has 2 amide bonds. The summed E-state index contributed by atoms with van der Waals surface area (Å²) in [6.07, 6.45) is 2.29. The number of carbonyl (C=O) groups excluding carboxylic acids is 3. The van der Waals surface area contributed by atoms with E-state index >= 15 is 0 Å². The Kier molecular flexibility index (Phi) is 13.7. The van der Waals surface area contributed by atoms with Crippen molar-refractivity contribution < 1.29 is 32.4 Å². The third-order valence-electron chi connectivity index (χ3n) is 5.85. The summed E-state index contributed by atoms with van der Waals surface area (Å²) in [4.78, 5) is 34.6. The Morgan fingerprint density at radius 1 is 0.714 bits per heavy atom. The number of hydrogen-bond acceptors (Lipinski definition) is 10. The monoisotopic (exact) mass is 517 g/mol. The highest BCUT2D eigenvalue weighted by Gasteiger charge is 2.60. The van der Waals surface area contributed by atoms with E-state index in [0.717, 1.165) is 19.0 Å². The summed E-state index contributed by atoms with van der Waals surface area (Å²) in [6.45, 7) is 8.77. The molecular formula is C22H43N5O7Si. The third-order valence-corrected chi connectivity index (χ3v) is 8.91. The van der Waals surface area contributed by atoms with E-state index in [4.69, 9.17) is 13.3 Å². The molecule has 202 valence electrons. The SMILES string of the molecule is COC(=O)CCNCCNC(=O)CCNCCNC(=O)CCNCCC[Si]12OC(C)C(O1)C(C)O2. The zero-order valence-corrected chi connectivity index (χ0v) is 22.3. The number of methoxy groups -OCH3 is 1. The molecule has 0 aromatic carbocycles. The lowest BCUT2D eigenvalue weighted by Gasteiger charge is -2.26. The number of esters is 1. The molecule has 2 heterocycles. The highest BCUT2D eigenvalue weighted by Crippen LogP contribution is 2.40. The van der Waals surface area contributed by atoms with Gasteiger partial charge in [0.15, 0.2) is 0 Å². The van der Waals surface area contributed by atoms with Gasteiger partial charge in [0.2, 0.25) is 11.8 Å². The molecule has 2 aliphatic heterocycles. The van der Waals surface area contributed by atoms with Crippen LogP contribution in [0.3, 0.4) is 0 Å². The lowest BCUT2D eigenvalue weighted by Crippen LogP contribution is -2.44. The maximum atomic E-state index is 11.9. The molecule has 2 rings (SSSR count). The molecule has 2 fully saturated rings. The van der Waals surface area contributed by atoms with Crippen molar-refractivity contribution in [1.29, 1.82) is 0 Å². The van der Waals surface area contributed by atoms with Crippen molar-refractivity contribution >= 4 is 26.6 Å². The van der Waals surface area contributed by atoms with Crippen molar-refractivity contribution in [3.05, 3.63) is 0 Å². The molecule has 5 N–H and O–H groups in total. The highest BCUT2D eigenvalue weighted by molar-refractivity contribution is 6.62. The van der Waals surface area contributed by atoms with E-state index in [0.29, 0.717) is 65.1 Å². The number of amides is 2. The van der Waals surface area contributed by atoms with E-state index in [1.54, 1.807) is 0 Å². The number of nitrogens with one attached hydrogen (secondary N) is 5. The largest absolute Gasteiger partial charge is 0.502 e. The summed E-state index contributed by atoms with van der Waals surface area (Å²) in [6, 6.07) is 0.801. The molecule has 0 aromatic rings. The topological polar surface area (TPSA) is 148 Å². The number of hydrogen-bond donors (Lipinski definition) is 5. The third kappa shape index (κ3) is 11.3. The molecule has 0 aliphatic carbocycles. The molecule has 0 aromatic heterocycles. The van der Waals surface area contributed by atoms with Crippen molar-refractivity contribution in [3.8, 4) is 0 Å². The smallest absolute Gasteiger partial charge is 0.469 e. The van der Waals surface area contributed by atoms with Gasteiger partial charge in [0.1, 0.15) is 0 Å². The first-order valence-corrected chi connectivity index (χ1v) is 14.5. The molecule has 2 aliphatic rings. The minimum Gasteiger partial charge on any atom is -0.469 e. The Labute approximate surface area is 209 Å². The van der Waals surface area contributed by atoms with Crippen LogP contribution in [-0.4, -0.2) is 104 Å². The predicted molar refractivity (Wildman–Crippen MR) is 132 cm³/mol.